The van der Waals surface area contributed by atoms with Crippen molar-refractivity contribution in [1.29, 1.82) is 0 Å². The Morgan fingerprint density at radius 1 is 1.11 bits per heavy atom. The predicted octanol–water partition coefficient (Wildman–Crippen LogP) is 4.48. The maximum atomic E-state index is 12.5. The molecule has 19 heavy (non-hydrogen) atoms. The van der Waals surface area contributed by atoms with Gasteiger partial charge in [-0.05, 0) is 51.2 Å². The van der Waals surface area contributed by atoms with Crippen LogP contribution in [0.4, 0.5) is 5.69 Å². The lowest BCUT2D eigenvalue weighted by Crippen LogP contribution is -2.38. The molecule has 0 aliphatic carbocycles. The van der Waals surface area contributed by atoms with Crippen molar-refractivity contribution in [1.82, 2.24) is 0 Å². The minimum atomic E-state index is 0.194. The summed E-state index contributed by atoms with van der Waals surface area (Å²) in [6.07, 6.45) is 1.58. The number of aryl methyl sites for hydroxylation is 2. The standard InChI is InChI=1S/C17H27NO/c1-12(2)10-11-16(19)18(13(3)4)17-14(5)8-7-9-15(17)6/h7-9,12-13H,10-11H2,1-6H3. The largest absolute Gasteiger partial charge is 0.309 e. The number of nitrogens with zero attached hydrogens (tertiary/aromatic N) is 1. The number of carbonyl (C=O) groups excluding carboxylic acids is 1. The van der Waals surface area contributed by atoms with Crippen LogP contribution in [0.15, 0.2) is 18.2 Å². The number of hydrogen-bond donors (Lipinski definition) is 0. The average Bonchev–Trinajstić information content (AvgIpc) is 2.30. The molecule has 0 aliphatic heterocycles. The van der Waals surface area contributed by atoms with Gasteiger partial charge in [-0.2, -0.15) is 0 Å². The van der Waals surface area contributed by atoms with Gasteiger partial charge in [-0.15, -0.1) is 0 Å². The smallest absolute Gasteiger partial charge is 0.227 e. The monoisotopic (exact) mass is 261 g/mol. The van der Waals surface area contributed by atoms with E-state index in [4.69, 9.17) is 0 Å². The van der Waals surface area contributed by atoms with Gasteiger partial charge < -0.3 is 4.90 Å². The van der Waals surface area contributed by atoms with Crippen molar-refractivity contribution >= 4 is 11.6 Å². The Hall–Kier alpha value is -1.31. The zero-order chi connectivity index (χ0) is 14.6. The van der Waals surface area contributed by atoms with Crippen LogP contribution in [0.1, 0.15) is 51.7 Å². The highest BCUT2D eigenvalue weighted by molar-refractivity contribution is 5.95. The lowest BCUT2D eigenvalue weighted by atomic mass is 10.0. The summed E-state index contributed by atoms with van der Waals surface area (Å²) in [6.45, 7) is 12.6. The van der Waals surface area contributed by atoms with Crippen molar-refractivity contribution in [3.63, 3.8) is 0 Å². The molecule has 0 aliphatic rings. The minimum absolute atomic E-state index is 0.194. The summed E-state index contributed by atoms with van der Waals surface area (Å²) in [4.78, 5) is 14.5. The van der Waals surface area contributed by atoms with E-state index < -0.39 is 0 Å². The summed E-state index contributed by atoms with van der Waals surface area (Å²) in [5, 5.41) is 0. The third kappa shape index (κ3) is 4.09. The molecule has 2 heteroatoms. The van der Waals surface area contributed by atoms with Crippen molar-refractivity contribution in [3.05, 3.63) is 29.3 Å². The fourth-order valence-corrected chi connectivity index (χ4v) is 2.39. The molecule has 1 rings (SSSR count). The number of anilines is 1. The predicted molar refractivity (Wildman–Crippen MR) is 82.6 cm³/mol. The normalized spacial score (nSPS) is 11.2. The Morgan fingerprint density at radius 3 is 2.05 bits per heavy atom. The third-order valence-electron chi connectivity index (χ3n) is 3.40. The third-order valence-corrected chi connectivity index (χ3v) is 3.40. The molecule has 106 valence electrons. The van der Waals surface area contributed by atoms with Gasteiger partial charge in [0, 0.05) is 18.2 Å². The molecule has 1 aromatic rings. The van der Waals surface area contributed by atoms with Crippen LogP contribution in [0, 0.1) is 19.8 Å². The maximum absolute atomic E-state index is 12.5. The quantitative estimate of drug-likeness (QED) is 0.765. The summed E-state index contributed by atoms with van der Waals surface area (Å²) in [5.74, 6) is 0.803. The van der Waals surface area contributed by atoms with E-state index in [2.05, 4.69) is 53.7 Å². The van der Waals surface area contributed by atoms with Gasteiger partial charge >= 0.3 is 0 Å². The van der Waals surface area contributed by atoms with Gasteiger partial charge in [0.05, 0.1) is 0 Å². The van der Waals surface area contributed by atoms with Crippen molar-refractivity contribution in [3.8, 4) is 0 Å². The average molecular weight is 261 g/mol. The first-order valence-electron chi connectivity index (χ1n) is 7.22. The van der Waals surface area contributed by atoms with E-state index in [1.165, 1.54) is 11.1 Å². The van der Waals surface area contributed by atoms with Gasteiger partial charge in [-0.1, -0.05) is 32.0 Å². The summed E-state index contributed by atoms with van der Waals surface area (Å²) < 4.78 is 0. The Labute approximate surface area is 117 Å². The molecule has 0 heterocycles. The molecule has 0 bridgehead atoms. The number of benzene rings is 1. The van der Waals surface area contributed by atoms with Gasteiger partial charge in [-0.3, -0.25) is 4.79 Å². The Kier molecular flexibility index (Phi) is 5.59. The van der Waals surface area contributed by atoms with E-state index in [0.717, 1.165) is 12.1 Å². The van der Waals surface area contributed by atoms with Crippen molar-refractivity contribution in [2.45, 2.75) is 60.4 Å². The van der Waals surface area contributed by atoms with E-state index in [9.17, 15) is 4.79 Å². The fourth-order valence-electron chi connectivity index (χ4n) is 2.39. The van der Waals surface area contributed by atoms with E-state index in [1.807, 2.05) is 11.0 Å². The molecule has 1 aromatic carbocycles. The molecule has 0 aromatic heterocycles. The van der Waals surface area contributed by atoms with E-state index in [-0.39, 0.29) is 11.9 Å². The molecular weight excluding hydrogens is 234 g/mol. The second kappa shape index (κ2) is 6.74. The number of hydrogen-bond acceptors (Lipinski definition) is 1. The Balaban J connectivity index is 3.04. The highest BCUT2D eigenvalue weighted by Gasteiger charge is 2.21. The number of rotatable bonds is 5. The topological polar surface area (TPSA) is 20.3 Å². The molecule has 0 unspecified atom stereocenters. The Bertz CT molecular complexity index is 415. The number of amides is 1. The molecule has 0 spiro atoms. The summed E-state index contributed by atoms with van der Waals surface area (Å²) in [7, 11) is 0. The van der Waals surface area contributed by atoms with E-state index in [1.54, 1.807) is 0 Å². The molecule has 0 atom stereocenters. The summed E-state index contributed by atoms with van der Waals surface area (Å²) in [6, 6.07) is 6.39. The lowest BCUT2D eigenvalue weighted by Gasteiger charge is -2.30. The van der Waals surface area contributed by atoms with Crippen LogP contribution in [-0.2, 0) is 4.79 Å². The minimum Gasteiger partial charge on any atom is -0.309 e. The molecule has 0 N–H and O–H groups in total. The van der Waals surface area contributed by atoms with Crippen LogP contribution in [0.3, 0.4) is 0 Å². The van der Waals surface area contributed by atoms with Crippen LogP contribution in [0.5, 0.6) is 0 Å². The fraction of sp³-hybridized carbons (Fsp3) is 0.588. The first-order valence-corrected chi connectivity index (χ1v) is 7.22. The first kappa shape index (κ1) is 15.7. The second-order valence-electron chi connectivity index (χ2n) is 6.03. The Morgan fingerprint density at radius 2 is 1.63 bits per heavy atom. The lowest BCUT2D eigenvalue weighted by molar-refractivity contribution is -0.119. The SMILES string of the molecule is Cc1cccc(C)c1N(C(=O)CCC(C)C)C(C)C. The zero-order valence-corrected chi connectivity index (χ0v) is 13.2. The van der Waals surface area contributed by atoms with Crippen molar-refractivity contribution < 1.29 is 4.79 Å². The van der Waals surface area contributed by atoms with Gasteiger partial charge in [0.15, 0.2) is 0 Å². The van der Waals surface area contributed by atoms with Crippen LogP contribution in [0.25, 0.3) is 0 Å². The van der Waals surface area contributed by atoms with Gasteiger partial charge in [0.25, 0.3) is 0 Å². The highest BCUT2D eigenvalue weighted by Crippen LogP contribution is 2.27. The van der Waals surface area contributed by atoms with Crippen LogP contribution < -0.4 is 4.90 Å². The van der Waals surface area contributed by atoms with Crippen LogP contribution in [-0.4, -0.2) is 11.9 Å². The van der Waals surface area contributed by atoms with Gasteiger partial charge in [-0.25, -0.2) is 0 Å². The van der Waals surface area contributed by atoms with Gasteiger partial charge in [0.2, 0.25) is 5.91 Å². The van der Waals surface area contributed by atoms with E-state index in [0.29, 0.717) is 12.3 Å². The maximum Gasteiger partial charge on any atom is 0.227 e. The van der Waals surface area contributed by atoms with Crippen LogP contribution in [0.2, 0.25) is 0 Å². The molecule has 2 nitrogen and oxygen atoms in total. The summed E-state index contributed by atoms with van der Waals surface area (Å²) in [5.41, 5.74) is 3.43. The van der Waals surface area contributed by atoms with Crippen molar-refractivity contribution in [2.24, 2.45) is 5.92 Å². The zero-order valence-electron chi connectivity index (χ0n) is 13.2. The molecule has 1 amide bonds. The molecule has 0 saturated carbocycles. The number of para-hydroxylation sites is 1. The first-order chi connectivity index (χ1) is 8.84. The molecule has 0 saturated heterocycles. The highest BCUT2D eigenvalue weighted by atomic mass is 16.2. The summed E-state index contributed by atoms with van der Waals surface area (Å²) >= 11 is 0. The molecule has 0 radical (unpaired) electrons. The van der Waals surface area contributed by atoms with Gasteiger partial charge in [0.1, 0.15) is 0 Å². The second-order valence-corrected chi connectivity index (χ2v) is 6.03. The molecule has 0 fully saturated rings. The number of carbonyl (C=O) groups is 1. The van der Waals surface area contributed by atoms with E-state index >= 15 is 0 Å². The molecular formula is C17H27NO. The van der Waals surface area contributed by atoms with Crippen LogP contribution >= 0.6 is 0 Å². The van der Waals surface area contributed by atoms with Crippen molar-refractivity contribution in [2.75, 3.05) is 4.90 Å².